The Hall–Kier alpha value is -1.78. The Bertz CT molecular complexity index is 500. The topological polar surface area (TPSA) is 37.4 Å². The summed E-state index contributed by atoms with van der Waals surface area (Å²) in [6.45, 7) is 0. The first-order valence-corrected chi connectivity index (χ1v) is 6.69. The number of carbonyl (C=O) groups is 2. The molecule has 0 bridgehead atoms. The second kappa shape index (κ2) is 6.11. The number of nitrogens with zero attached hydrogens (tertiary/aromatic N) is 1. The molecule has 20 heavy (non-hydrogen) atoms. The molecule has 0 radical (unpaired) electrons. The lowest BCUT2D eigenvalue weighted by atomic mass is 9.93. The van der Waals surface area contributed by atoms with Gasteiger partial charge in [0.05, 0.1) is 6.42 Å². The van der Waals surface area contributed by atoms with Crippen LogP contribution in [0.3, 0.4) is 0 Å². The van der Waals surface area contributed by atoms with E-state index in [1.807, 2.05) is 0 Å². The van der Waals surface area contributed by atoms with Crippen LogP contribution in [0.15, 0.2) is 18.2 Å². The van der Waals surface area contributed by atoms with E-state index in [0.29, 0.717) is 25.7 Å². The average molecular weight is 281 g/mol. The van der Waals surface area contributed by atoms with Gasteiger partial charge in [-0.15, -0.1) is 0 Å². The Morgan fingerprint density at radius 1 is 1.25 bits per heavy atom. The zero-order valence-corrected chi connectivity index (χ0v) is 11.4. The molecule has 0 heterocycles. The van der Waals surface area contributed by atoms with Gasteiger partial charge in [-0.05, 0) is 25.0 Å². The molecule has 3 nitrogen and oxygen atoms in total. The molecule has 1 aromatic carbocycles. The van der Waals surface area contributed by atoms with Crippen molar-refractivity contribution in [2.75, 3.05) is 7.05 Å². The predicted molar refractivity (Wildman–Crippen MR) is 70.1 cm³/mol. The van der Waals surface area contributed by atoms with E-state index in [-0.39, 0.29) is 29.7 Å². The van der Waals surface area contributed by atoms with Gasteiger partial charge in [0.1, 0.15) is 17.4 Å². The number of halogens is 2. The van der Waals surface area contributed by atoms with Gasteiger partial charge in [-0.1, -0.05) is 6.07 Å². The molecule has 1 amide bonds. The summed E-state index contributed by atoms with van der Waals surface area (Å²) < 4.78 is 27.0. The van der Waals surface area contributed by atoms with E-state index in [1.165, 1.54) is 11.0 Å². The number of amides is 1. The maximum Gasteiger partial charge on any atom is 0.227 e. The van der Waals surface area contributed by atoms with E-state index in [0.717, 1.165) is 12.1 Å². The molecule has 2 rings (SSSR count). The summed E-state index contributed by atoms with van der Waals surface area (Å²) in [6, 6.07) is 3.54. The van der Waals surface area contributed by atoms with Crippen LogP contribution >= 0.6 is 0 Å². The Balaban J connectivity index is 2.02. The van der Waals surface area contributed by atoms with E-state index in [4.69, 9.17) is 0 Å². The molecule has 108 valence electrons. The van der Waals surface area contributed by atoms with Gasteiger partial charge < -0.3 is 4.90 Å². The van der Waals surface area contributed by atoms with Crippen LogP contribution in [0.25, 0.3) is 0 Å². The van der Waals surface area contributed by atoms with Crippen LogP contribution in [0.2, 0.25) is 0 Å². The Kier molecular flexibility index (Phi) is 4.47. The highest BCUT2D eigenvalue weighted by Crippen LogP contribution is 2.21. The van der Waals surface area contributed by atoms with Crippen LogP contribution in [0, 0.1) is 11.6 Å². The van der Waals surface area contributed by atoms with Gasteiger partial charge in [-0.3, -0.25) is 9.59 Å². The highest BCUT2D eigenvalue weighted by atomic mass is 19.1. The third kappa shape index (κ3) is 3.21. The van der Waals surface area contributed by atoms with E-state index in [2.05, 4.69) is 0 Å². The first kappa shape index (κ1) is 14.6. The number of hydrogen-bond donors (Lipinski definition) is 0. The lowest BCUT2D eigenvalue weighted by molar-refractivity contribution is -0.133. The van der Waals surface area contributed by atoms with Crippen LogP contribution in [0.1, 0.15) is 31.2 Å². The van der Waals surface area contributed by atoms with Gasteiger partial charge in [0.2, 0.25) is 5.91 Å². The van der Waals surface area contributed by atoms with Crippen LogP contribution < -0.4 is 0 Å². The summed E-state index contributed by atoms with van der Waals surface area (Å²) in [6.07, 6.45) is 1.90. The smallest absolute Gasteiger partial charge is 0.227 e. The molecule has 1 fully saturated rings. The summed E-state index contributed by atoms with van der Waals surface area (Å²) in [5.74, 6) is -1.52. The Morgan fingerprint density at radius 3 is 2.35 bits per heavy atom. The fourth-order valence-corrected chi connectivity index (χ4v) is 2.49. The van der Waals surface area contributed by atoms with Crippen molar-refractivity contribution in [2.45, 2.75) is 38.1 Å². The van der Waals surface area contributed by atoms with E-state index in [1.54, 1.807) is 7.05 Å². The maximum atomic E-state index is 13.5. The molecule has 0 spiro atoms. The Morgan fingerprint density at radius 2 is 1.80 bits per heavy atom. The Labute approximate surface area is 116 Å². The molecule has 0 atom stereocenters. The molecular formula is C15H17F2NO2. The minimum atomic E-state index is -0.703. The van der Waals surface area contributed by atoms with Gasteiger partial charge >= 0.3 is 0 Å². The number of hydrogen-bond acceptors (Lipinski definition) is 2. The maximum absolute atomic E-state index is 13.5. The third-order valence-electron chi connectivity index (χ3n) is 3.84. The lowest BCUT2D eigenvalue weighted by Gasteiger charge is -2.30. The van der Waals surface area contributed by atoms with Gasteiger partial charge in [0, 0.05) is 31.5 Å². The molecule has 1 saturated carbocycles. The summed E-state index contributed by atoms with van der Waals surface area (Å²) in [5, 5.41) is 0. The predicted octanol–water partition coefficient (Wildman–Crippen LogP) is 2.48. The standard InChI is InChI=1S/C15H17F2NO2/c1-18(10-5-7-11(19)8-6-10)15(20)9-12-13(16)3-2-4-14(12)17/h2-4,10H,5-9H2,1H3. The summed E-state index contributed by atoms with van der Waals surface area (Å²) in [4.78, 5) is 24.8. The van der Waals surface area contributed by atoms with E-state index < -0.39 is 11.6 Å². The summed E-state index contributed by atoms with van der Waals surface area (Å²) in [5.41, 5.74) is -0.198. The minimum absolute atomic E-state index is 0.0185. The molecule has 1 aliphatic rings. The molecule has 0 unspecified atom stereocenters. The molecule has 1 aromatic rings. The van der Waals surface area contributed by atoms with Crippen molar-refractivity contribution in [3.05, 3.63) is 35.4 Å². The largest absolute Gasteiger partial charge is 0.342 e. The van der Waals surface area contributed by atoms with Crippen molar-refractivity contribution in [1.82, 2.24) is 4.90 Å². The molecule has 0 saturated heterocycles. The van der Waals surface area contributed by atoms with Crippen molar-refractivity contribution >= 4 is 11.7 Å². The molecular weight excluding hydrogens is 264 g/mol. The SMILES string of the molecule is CN(C(=O)Cc1c(F)cccc1F)C1CCC(=O)CC1. The zero-order valence-electron chi connectivity index (χ0n) is 11.4. The van der Waals surface area contributed by atoms with Crippen LogP contribution in [0.5, 0.6) is 0 Å². The normalized spacial score (nSPS) is 16.2. The van der Waals surface area contributed by atoms with Gasteiger partial charge in [0.15, 0.2) is 0 Å². The van der Waals surface area contributed by atoms with E-state index >= 15 is 0 Å². The van der Waals surface area contributed by atoms with Crippen LogP contribution in [-0.4, -0.2) is 29.7 Å². The first-order chi connectivity index (χ1) is 9.49. The fraction of sp³-hybridized carbons (Fsp3) is 0.467. The van der Waals surface area contributed by atoms with Gasteiger partial charge in [-0.25, -0.2) is 8.78 Å². The minimum Gasteiger partial charge on any atom is -0.342 e. The number of ketones is 1. The number of rotatable bonds is 3. The number of carbonyl (C=O) groups excluding carboxylic acids is 2. The average Bonchev–Trinajstić information content (AvgIpc) is 2.43. The van der Waals surface area contributed by atoms with Crippen molar-refractivity contribution in [3.8, 4) is 0 Å². The fourth-order valence-electron chi connectivity index (χ4n) is 2.49. The zero-order chi connectivity index (χ0) is 14.7. The molecule has 0 aromatic heterocycles. The molecule has 5 heteroatoms. The second-order valence-electron chi connectivity index (χ2n) is 5.15. The van der Waals surface area contributed by atoms with E-state index in [9.17, 15) is 18.4 Å². The number of likely N-dealkylation sites (N-methyl/N-ethyl adjacent to an activating group) is 1. The van der Waals surface area contributed by atoms with Crippen LogP contribution in [0.4, 0.5) is 8.78 Å². The highest BCUT2D eigenvalue weighted by molar-refractivity contribution is 5.81. The number of benzene rings is 1. The molecule has 1 aliphatic carbocycles. The van der Waals surface area contributed by atoms with Gasteiger partial charge in [-0.2, -0.15) is 0 Å². The van der Waals surface area contributed by atoms with Crippen molar-refractivity contribution in [1.29, 1.82) is 0 Å². The third-order valence-corrected chi connectivity index (χ3v) is 3.84. The lowest BCUT2D eigenvalue weighted by Crippen LogP contribution is -2.40. The number of Topliss-reactive ketones (excluding diaryl/α,β-unsaturated/α-hetero) is 1. The van der Waals surface area contributed by atoms with Crippen molar-refractivity contribution in [3.63, 3.8) is 0 Å². The highest BCUT2D eigenvalue weighted by Gasteiger charge is 2.26. The monoisotopic (exact) mass is 281 g/mol. The van der Waals surface area contributed by atoms with Crippen LogP contribution in [-0.2, 0) is 16.0 Å². The van der Waals surface area contributed by atoms with Gasteiger partial charge in [0.25, 0.3) is 0 Å². The summed E-state index contributed by atoms with van der Waals surface area (Å²) in [7, 11) is 1.63. The van der Waals surface area contributed by atoms with Crippen molar-refractivity contribution in [2.24, 2.45) is 0 Å². The molecule has 0 aliphatic heterocycles. The first-order valence-electron chi connectivity index (χ1n) is 6.69. The molecule has 0 N–H and O–H groups in total. The van der Waals surface area contributed by atoms with Crippen molar-refractivity contribution < 1.29 is 18.4 Å². The quantitative estimate of drug-likeness (QED) is 0.853. The summed E-state index contributed by atoms with van der Waals surface area (Å²) >= 11 is 0. The second-order valence-corrected chi connectivity index (χ2v) is 5.15.